The van der Waals surface area contributed by atoms with Crippen LogP contribution in [0.2, 0.25) is 0 Å². The number of pyridine rings is 2. The minimum atomic E-state index is -3.23. The van der Waals surface area contributed by atoms with Crippen LogP contribution in [0.15, 0.2) is 41.3 Å². The molecule has 0 bridgehead atoms. The van der Waals surface area contributed by atoms with Gasteiger partial charge in [-0.05, 0) is 56.0 Å². The third-order valence-electron chi connectivity index (χ3n) is 5.26. The maximum Gasteiger partial charge on any atom is 0.330 e. The van der Waals surface area contributed by atoms with E-state index in [1.54, 1.807) is 38.2 Å². The number of benzene rings is 1. The molecule has 9 nitrogen and oxygen atoms in total. The van der Waals surface area contributed by atoms with Crippen molar-refractivity contribution in [2.24, 2.45) is 0 Å². The molecule has 0 saturated heterocycles. The lowest BCUT2D eigenvalue weighted by Gasteiger charge is -2.17. The fourth-order valence-electron chi connectivity index (χ4n) is 3.74. The Morgan fingerprint density at radius 3 is 2.49 bits per heavy atom. The van der Waals surface area contributed by atoms with Crippen molar-refractivity contribution in [1.82, 2.24) is 15.3 Å². The summed E-state index contributed by atoms with van der Waals surface area (Å²) in [5, 5.41) is 12.6. The molecule has 3 rings (SSSR count). The number of carbonyl (C=O) groups excluding carboxylic acids is 1. The van der Waals surface area contributed by atoms with Crippen molar-refractivity contribution in [2.75, 3.05) is 25.9 Å². The van der Waals surface area contributed by atoms with Gasteiger partial charge in [-0.2, -0.15) is 0 Å². The monoisotopic (exact) mass is 505 g/mol. The average Bonchev–Trinajstić information content (AvgIpc) is 2.82. The zero-order valence-electron chi connectivity index (χ0n) is 19.7. The first-order valence-electron chi connectivity index (χ1n) is 11.4. The van der Waals surface area contributed by atoms with E-state index in [0.717, 1.165) is 11.1 Å². The quantitative estimate of drug-likeness (QED) is 0.254. The van der Waals surface area contributed by atoms with E-state index in [1.807, 2.05) is 0 Å². The smallest absolute Gasteiger partial charge is 0.330 e. The first kappa shape index (κ1) is 26.7. The van der Waals surface area contributed by atoms with Crippen LogP contribution in [0.1, 0.15) is 47.3 Å². The highest BCUT2D eigenvalue weighted by molar-refractivity contribution is 7.53. The lowest BCUT2D eigenvalue weighted by Crippen LogP contribution is -2.32. The van der Waals surface area contributed by atoms with Crippen LogP contribution in [0.3, 0.4) is 0 Å². The van der Waals surface area contributed by atoms with Crippen molar-refractivity contribution >= 4 is 24.5 Å². The number of amides is 1. The summed E-state index contributed by atoms with van der Waals surface area (Å²) < 4.78 is 36.1. The number of aliphatic hydroxyl groups is 1. The van der Waals surface area contributed by atoms with Gasteiger partial charge < -0.3 is 24.5 Å². The molecule has 0 unspecified atom stereocenters. The zero-order chi connectivity index (χ0) is 25.4. The first-order valence-corrected chi connectivity index (χ1v) is 13.1. The molecule has 188 valence electrons. The molecule has 1 amide bonds. The summed E-state index contributed by atoms with van der Waals surface area (Å²) in [6.07, 6.45) is 2.49. The predicted molar refractivity (Wildman–Crippen MR) is 130 cm³/mol. The summed E-state index contributed by atoms with van der Waals surface area (Å²) in [6, 6.07) is 7.78. The summed E-state index contributed by atoms with van der Waals surface area (Å²) in [6.45, 7) is 3.50. The molecule has 0 spiro atoms. The Bertz CT molecular complexity index is 1270. The van der Waals surface area contributed by atoms with Crippen LogP contribution in [-0.4, -0.2) is 46.9 Å². The van der Waals surface area contributed by atoms with Gasteiger partial charge in [0.05, 0.1) is 37.0 Å². The van der Waals surface area contributed by atoms with Gasteiger partial charge in [-0.15, -0.1) is 0 Å². The Morgan fingerprint density at radius 2 is 1.86 bits per heavy atom. The van der Waals surface area contributed by atoms with Crippen LogP contribution in [0, 0.1) is 5.82 Å². The SMILES string of the molecule is CCOP(=O)(CCCNC(=O)c1c(CO)c2ncc(Cc3ccc(F)cc3)cc2[nH]c1=O)OCC. The molecular formula is C24H29FN3O6P. The van der Waals surface area contributed by atoms with Crippen LogP contribution in [-0.2, 0) is 26.6 Å². The van der Waals surface area contributed by atoms with E-state index in [-0.39, 0.29) is 42.9 Å². The van der Waals surface area contributed by atoms with Crippen molar-refractivity contribution in [2.45, 2.75) is 33.3 Å². The normalized spacial score (nSPS) is 11.7. The van der Waals surface area contributed by atoms with Crippen LogP contribution >= 0.6 is 7.60 Å². The number of H-pyrrole nitrogens is 1. The third kappa shape index (κ3) is 6.82. The van der Waals surface area contributed by atoms with E-state index in [2.05, 4.69) is 15.3 Å². The third-order valence-corrected chi connectivity index (χ3v) is 7.43. The van der Waals surface area contributed by atoms with Crippen LogP contribution in [0.25, 0.3) is 11.0 Å². The molecule has 35 heavy (non-hydrogen) atoms. The molecule has 0 aliphatic rings. The summed E-state index contributed by atoms with van der Waals surface area (Å²) in [7, 11) is -3.23. The number of aromatic nitrogens is 2. The van der Waals surface area contributed by atoms with Gasteiger partial charge in [0.25, 0.3) is 11.5 Å². The predicted octanol–water partition coefficient (Wildman–Crippen LogP) is 3.53. The summed E-state index contributed by atoms with van der Waals surface area (Å²) in [4.78, 5) is 32.5. The number of aromatic amines is 1. The molecule has 0 saturated carbocycles. The van der Waals surface area contributed by atoms with Gasteiger partial charge in [0, 0.05) is 18.3 Å². The molecule has 0 aliphatic heterocycles. The van der Waals surface area contributed by atoms with Gasteiger partial charge in [0.1, 0.15) is 11.4 Å². The van der Waals surface area contributed by atoms with Gasteiger partial charge in [-0.25, -0.2) is 4.39 Å². The topological polar surface area (TPSA) is 131 Å². The number of hydrogen-bond acceptors (Lipinski definition) is 7. The largest absolute Gasteiger partial charge is 0.392 e. The minimum absolute atomic E-state index is 0.115. The summed E-state index contributed by atoms with van der Waals surface area (Å²) in [5.41, 5.74) is 1.55. The van der Waals surface area contributed by atoms with Crippen LogP contribution < -0.4 is 10.9 Å². The maximum atomic E-state index is 13.1. The second kappa shape index (κ2) is 12.2. The van der Waals surface area contributed by atoms with Gasteiger partial charge in [-0.3, -0.25) is 19.1 Å². The minimum Gasteiger partial charge on any atom is -0.392 e. The molecule has 0 fully saturated rings. The molecule has 2 aromatic heterocycles. The van der Waals surface area contributed by atoms with Crippen molar-refractivity contribution in [3.63, 3.8) is 0 Å². The van der Waals surface area contributed by atoms with Crippen molar-refractivity contribution < 1.29 is 27.9 Å². The highest BCUT2D eigenvalue weighted by Crippen LogP contribution is 2.48. The molecule has 2 heterocycles. The highest BCUT2D eigenvalue weighted by atomic mass is 31.2. The first-order chi connectivity index (χ1) is 16.8. The highest BCUT2D eigenvalue weighted by Gasteiger charge is 2.24. The number of rotatable bonds is 12. The molecular weight excluding hydrogens is 476 g/mol. The standard InChI is InChI=1S/C24H29FN3O6P/c1-3-33-35(32,34-4-2)11-5-10-26-23(30)21-19(15-29)22-20(28-24(21)31)13-17(14-27-22)12-16-6-8-18(25)9-7-16/h6-9,13-14,29H,3-5,10-12,15H2,1-2H3,(H,26,30)(H,28,31). The second-order valence-corrected chi connectivity index (χ2v) is 9.97. The Hall–Kier alpha value is -2.91. The van der Waals surface area contributed by atoms with Crippen LogP contribution in [0.4, 0.5) is 4.39 Å². The van der Waals surface area contributed by atoms with E-state index >= 15 is 0 Å². The maximum absolute atomic E-state index is 13.1. The van der Waals surface area contributed by atoms with Gasteiger partial charge in [-0.1, -0.05) is 12.1 Å². The van der Waals surface area contributed by atoms with E-state index in [0.29, 0.717) is 23.9 Å². The molecule has 3 aromatic rings. The Labute approximate surface area is 202 Å². The fraction of sp³-hybridized carbons (Fsp3) is 0.375. The van der Waals surface area contributed by atoms with Gasteiger partial charge in [0.15, 0.2) is 0 Å². The number of carbonyl (C=O) groups is 1. The lowest BCUT2D eigenvalue weighted by atomic mass is 10.0. The van der Waals surface area contributed by atoms with Gasteiger partial charge in [0.2, 0.25) is 0 Å². The van der Waals surface area contributed by atoms with Gasteiger partial charge >= 0.3 is 7.60 Å². The number of fused-ring (bicyclic) bond motifs is 1. The number of halogens is 1. The second-order valence-electron chi connectivity index (χ2n) is 7.79. The Morgan fingerprint density at radius 1 is 1.17 bits per heavy atom. The summed E-state index contributed by atoms with van der Waals surface area (Å²) >= 11 is 0. The molecule has 0 aliphatic carbocycles. The zero-order valence-corrected chi connectivity index (χ0v) is 20.6. The number of nitrogens with zero attached hydrogens (tertiary/aromatic N) is 1. The van der Waals surface area contributed by atoms with E-state index in [9.17, 15) is 23.7 Å². The molecule has 0 radical (unpaired) electrons. The number of nitrogens with one attached hydrogen (secondary N) is 2. The lowest BCUT2D eigenvalue weighted by molar-refractivity contribution is 0.0948. The molecule has 11 heteroatoms. The number of aliphatic hydroxyl groups excluding tert-OH is 1. The fourth-order valence-corrected chi connectivity index (χ4v) is 5.40. The van der Waals surface area contributed by atoms with E-state index < -0.39 is 25.7 Å². The van der Waals surface area contributed by atoms with Crippen LogP contribution in [0.5, 0.6) is 0 Å². The summed E-state index contributed by atoms with van der Waals surface area (Å²) in [5.74, 6) is -0.997. The van der Waals surface area contributed by atoms with Crippen molar-refractivity contribution in [3.8, 4) is 0 Å². The van der Waals surface area contributed by atoms with E-state index in [1.165, 1.54) is 12.1 Å². The molecule has 0 atom stereocenters. The number of hydrogen-bond donors (Lipinski definition) is 3. The van der Waals surface area contributed by atoms with Crippen molar-refractivity contribution in [1.29, 1.82) is 0 Å². The van der Waals surface area contributed by atoms with E-state index in [4.69, 9.17) is 9.05 Å². The Kier molecular flexibility index (Phi) is 9.28. The average molecular weight is 505 g/mol. The molecule has 3 N–H and O–H groups in total. The molecule has 1 aromatic carbocycles. The van der Waals surface area contributed by atoms with Crippen molar-refractivity contribution in [3.05, 3.63) is 75.0 Å². The Balaban J connectivity index is 1.76.